The number of benzene rings is 1. The molecule has 1 heterocycles. The number of aliphatic hydroxyl groups excluding tert-OH is 1. The number of amides is 1. The highest BCUT2D eigenvalue weighted by atomic mass is 32.2. The lowest BCUT2D eigenvalue weighted by atomic mass is 9.98. The minimum absolute atomic E-state index is 0.142. The minimum Gasteiger partial charge on any atom is -0.463 e. The number of sulfonamides is 1. The number of hydrogen-bond donors (Lipinski definition) is 3. The number of rotatable bonds is 4. The van der Waals surface area contributed by atoms with Crippen LogP contribution in [0.1, 0.15) is 30.6 Å². The zero-order valence-corrected chi connectivity index (χ0v) is 15.1. The number of halogens is 3. The molecule has 10 nitrogen and oxygen atoms in total. The average molecular weight is 425 g/mol. The number of carbonyl (C=O) groups is 1. The van der Waals surface area contributed by atoms with Gasteiger partial charge in [-0.05, 0) is 24.1 Å². The van der Waals surface area contributed by atoms with Crippen molar-refractivity contribution in [1.82, 2.24) is 9.66 Å². The van der Waals surface area contributed by atoms with Crippen LogP contribution in [0.2, 0.25) is 0 Å². The Kier molecular flexibility index (Phi) is 5.31. The number of aliphatic hydroxyl groups is 1. The molecule has 2 aromatic rings. The summed E-state index contributed by atoms with van der Waals surface area (Å²) in [6, 6.07) is 1.06. The lowest BCUT2D eigenvalue weighted by Gasteiger charge is -2.20. The Hall–Kier alpha value is -2.87. The lowest BCUT2D eigenvalue weighted by Crippen LogP contribution is -2.55. The van der Waals surface area contributed by atoms with E-state index in [1.807, 2.05) is 4.98 Å². The molecule has 0 spiro atoms. The van der Waals surface area contributed by atoms with Crippen LogP contribution in [0.4, 0.5) is 18.0 Å². The molecule has 1 aromatic carbocycles. The Labute approximate surface area is 154 Å². The van der Waals surface area contributed by atoms with Gasteiger partial charge in [-0.1, -0.05) is 11.3 Å². The van der Waals surface area contributed by atoms with Crippen LogP contribution in [0.3, 0.4) is 0 Å². The summed E-state index contributed by atoms with van der Waals surface area (Å²) in [6.07, 6.45) is -8.46. The standard InChI is InChI=1S/C14H14F3N3O7S/c1-3-10(21)6-4-7-9(5-8(6)14(15,16)17)18-12(23)19(11(7)22)20(13(24)25)28(2,26)27/h4-5,10,21H,3H2,1-2H3,(H,18,23)(H,24,25). The first-order valence-corrected chi connectivity index (χ1v) is 9.36. The van der Waals surface area contributed by atoms with Gasteiger partial charge in [0.15, 0.2) is 0 Å². The molecule has 0 aliphatic heterocycles. The van der Waals surface area contributed by atoms with Crippen molar-refractivity contribution < 1.29 is 36.6 Å². The van der Waals surface area contributed by atoms with Crippen LogP contribution in [-0.2, 0) is 16.2 Å². The molecule has 0 radical (unpaired) electrons. The largest absolute Gasteiger partial charge is 0.463 e. The minimum atomic E-state index is -4.93. The van der Waals surface area contributed by atoms with Gasteiger partial charge in [-0.2, -0.15) is 13.2 Å². The summed E-state index contributed by atoms with van der Waals surface area (Å²) in [5.74, 6) is 0. The number of hydrogen-bond acceptors (Lipinski definition) is 6. The van der Waals surface area contributed by atoms with E-state index in [0.717, 1.165) is 0 Å². The van der Waals surface area contributed by atoms with Gasteiger partial charge in [0.1, 0.15) is 0 Å². The molecule has 2 rings (SSSR count). The van der Waals surface area contributed by atoms with Crippen LogP contribution in [-0.4, -0.2) is 40.6 Å². The Balaban J connectivity index is 3.01. The van der Waals surface area contributed by atoms with Gasteiger partial charge in [-0.15, -0.1) is 4.68 Å². The maximum atomic E-state index is 13.3. The third kappa shape index (κ3) is 3.73. The van der Waals surface area contributed by atoms with Crippen molar-refractivity contribution in [2.24, 2.45) is 0 Å². The normalized spacial score (nSPS) is 13.5. The van der Waals surface area contributed by atoms with Crippen molar-refractivity contribution in [2.45, 2.75) is 25.6 Å². The first-order valence-electron chi connectivity index (χ1n) is 7.51. The van der Waals surface area contributed by atoms with Crippen molar-refractivity contribution in [3.05, 3.63) is 44.1 Å². The molecule has 3 N–H and O–H groups in total. The van der Waals surface area contributed by atoms with E-state index in [2.05, 4.69) is 0 Å². The average Bonchev–Trinajstić information content (AvgIpc) is 2.54. The van der Waals surface area contributed by atoms with Crippen molar-refractivity contribution in [3.8, 4) is 0 Å². The van der Waals surface area contributed by atoms with E-state index in [-0.39, 0.29) is 11.1 Å². The summed E-state index contributed by atoms with van der Waals surface area (Å²) in [4.78, 5) is 37.8. The zero-order chi connectivity index (χ0) is 21.6. The van der Waals surface area contributed by atoms with E-state index in [1.165, 1.54) is 6.92 Å². The number of fused-ring (bicyclic) bond motifs is 1. The number of aromatic nitrogens is 2. The van der Waals surface area contributed by atoms with E-state index in [4.69, 9.17) is 5.11 Å². The molecule has 154 valence electrons. The number of H-pyrrole nitrogens is 1. The smallest absolute Gasteiger partial charge is 0.441 e. The Morgan fingerprint density at radius 3 is 2.32 bits per heavy atom. The molecule has 0 bridgehead atoms. The first kappa shape index (κ1) is 21.4. The summed E-state index contributed by atoms with van der Waals surface area (Å²) in [5, 5.41) is 18.3. The monoisotopic (exact) mass is 425 g/mol. The predicted octanol–water partition coefficient (Wildman–Crippen LogP) is 0.728. The zero-order valence-electron chi connectivity index (χ0n) is 14.3. The van der Waals surface area contributed by atoms with Gasteiger partial charge in [-0.25, -0.2) is 18.0 Å². The summed E-state index contributed by atoms with van der Waals surface area (Å²) in [6.45, 7) is 1.38. The van der Waals surface area contributed by atoms with Crippen LogP contribution < -0.4 is 15.7 Å². The molecule has 28 heavy (non-hydrogen) atoms. The Morgan fingerprint density at radius 2 is 1.89 bits per heavy atom. The fourth-order valence-corrected chi connectivity index (χ4v) is 3.28. The fraction of sp³-hybridized carbons (Fsp3) is 0.357. The van der Waals surface area contributed by atoms with Crippen LogP contribution in [0.5, 0.6) is 0 Å². The second-order valence-corrected chi connectivity index (χ2v) is 7.55. The Morgan fingerprint density at radius 1 is 1.32 bits per heavy atom. The second kappa shape index (κ2) is 6.94. The summed E-state index contributed by atoms with van der Waals surface area (Å²) >= 11 is 0. The SMILES string of the molecule is CCC(O)c1cc2c(=O)n(N(C(=O)O)S(C)(=O)=O)c(=O)[nH]c2cc1C(F)(F)F. The third-order valence-electron chi connectivity index (χ3n) is 3.76. The molecule has 1 unspecified atom stereocenters. The van der Waals surface area contributed by atoms with Crippen LogP contribution in [0.15, 0.2) is 21.7 Å². The highest BCUT2D eigenvalue weighted by Gasteiger charge is 2.36. The van der Waals surface area contributed by atoms with Gasteiger partial charge in [0.05, 0.1) is 28.8 Å². The number of carboxylic acid groups (broad SMARTS) is 1. The Bertz CT molecular complexity index is 1170. The highest BCUT2D eigenvalue weighted by molar-refractivity contribution is 7.92. The van der Waals surface area contributed by atoms with Gasteiger partial charge < -0.3 is 15.2 Å². The van der Waals surface area contributed by atoms with Crippen LogP contribution in [0, 0.1) is 0 Å². The maximum Gasteiger partial charge on any atom is 0.441 e. The van der Waals surface area contributed by atoms with Crippen LogP contribution in [0.25, 0.3) is 10.9 Å². The first-order chi connectivity index (χ1) is 12.7. The van der Waals surface area contributed by atoms with Crippen molar-refractivity contribution in [1.29, 1.82) is 0 Å². The molecule has 14 heteroatoms. The maximum absolute atomic E-state index is 13.3. The molecule has 0 aliphatic carbocycles. The number of aromatic amines is 1. The van der Waals surface area contributed by atoms with Gasteiger partial charge in [0, 0.05) is 0 Å². The molecule has 1 amide bonds. The third-order valence-corrected chi connectivity index (χ3v) is 4.70. The van der Waals surface area contributed by atoms with E-state index in [9.17, 15) is 41.1 Å². The van der Waals surface area contributed by atoms with Crippen molar-refractivity contribution in [3.63, 3.8) is 0 Å². The molecule has 1 aromatic heterocycles. The summed E-state index contributed by atoms with van der Waals surface area (Å²) < 4.78 is 62.4. The second-order valence-electron chi connectivity index (χ2n) is 5.74. The van der Waals surface area contributed by atoms with Crippen LogP contribution >= 0.6 is 0 Å². The molecular formula is C14H14F3N3O7S. The molecular weight excluding hydrogens is 411 g/mol. The van der Waals surface area contributed by atoms with Crippen molar-refractivity contribution in [2.75, 3.05) is 10.7 Å². The van der Waals surface area contributed by atoms with E-state index in [0.29, 0.717) is 18.4 Å². The molecule has 1 atom stereocenters. The number of nitrogens with one attached hydrogen (secondary N) is 1. The quantitative estimate of drug-likeness (QED) is 0.653. The van der Waals surface area contributed by atoms with E-state index in [1.54, 1.807) is 0 Å². The lowest BCUT2D eigenvalue weighted by molar-refractivity contribution is -0.139. The fourth-order valence-electron chi connectivity index (χ4n) is 2.55. The number of alkyl halides is 3. The van der Waals surface area contributed by atoms with Gasteiger partial charge in [-0.3, -0.25) is 4.79 Å². The molecule has 0 fully saturated rings. The van der Waals surface area contributed by atoms with Gasteiger partial charge >= 0.3 is 18.0 Å². The molecule has 0 aliphatic rings. The van der Waals surface area contributed by atoms with Gasteiger partial charge in [0.2, 0.25) is 0 Å². The summed E-state index contributed by atoms with van der Waals surface area (Å²) in [7, 11) is -4.65. The van der Waals surface area contributed by atoms with Crippen molar-refractivity contribution >= 4 is 27.0 Å². The number of nitrogens with zero attached hydrogens (tertiary/aromatic N) is 2. The molecule has 0 saturated carbocycles. The van der Waals surface area contributed by atoms with E-state index < -0.39 is 66.1 Å². The topological polar surface area (TPSA) is 150 Å². The predicted molar refractivity (Wildman–Crippen MR) is 90.2 cm³/mol. The molecule has 0 saturated heterocycles. The van der Waals surface area contributed by atoms with E-state index >= 15 is 0 Å². The highest BCUT2D eigenvalue weighted by Crippen LogP contribution is 2.36. The van der Waals surface area contributed by atoms with Gasteiger partial charge in [0.25, 0.3) is 15.6 Å². The summed E-state index contributed by atoms with van der Waals surface area (Å²) in [5.41, 5.74) is -5.67.